The van der Waals surface area contributed by atoms with E-state index in [0.717, 1.165) is 5.56 Å². The molecule has 0 spiro atoms. The van der Waals surface area contributed by atoms with E-state index in [9.17, 15) is 10.1 Å². The van der Waals surface area contributed by atoms with Crippen molar-refractivity contribution in [3.8, 4) is 5.88 Å². The van der Waals surface area contributed by atoms with E-state index in [4.69, 9.17) is 16.3 Å². The van der Waals surface area contributed by atoms with Gasteiger partial charge in [-0.2, -0.15) is 4.98 Å². The first-order chi connectivity index (χ1) is 10.0. The number of anilines is 2. The topological polar surface area (TPSA) is 90.2 Å². The molecule has 1 heterocycles. The molecule has 2 rings (SSSR count). The van der Waals surface area contributed by atoms with Gasteiger partial charge in [-0.05, 0) is 31.5 Å². The van der Waals surface area contributed by atoms with Crippen LogP contribution in [0.25, 0.3) is 0 Å². The van der Waals surface area contributed by atoms with Gasteiger partial charge in [0.2, 0.25) is 5.82 Å². The average Bonchev–Trinajstić information content (AvgIpc) is 2.43. The highest BCUT2D eigenvalue weighted by Gasteiger charge is 2.24. The maximum absolute atomic E-state index is 11.2. The standard InChI is InChI=1S/C13H13ClN4O3/c1-3-21-13-11(18(19)20)12(15-7-16-13)17-9-5-4-8(2)10(14)6-9/h4-7H,3H2,1-2H3,(H,15,16,17). The van der Waals surface area contributed by atoms with Crippen LogP contribution in [-0.2, 0) is 0 Å². The van der Waals surface area contributed by atoms with Crippen LogP contribution in [0.3, 0.4) is 0 Å². The highest BCUT2D eigenvalue weighted by atomic mass is 35.5. The Kier molecular flexibility index (Phi) is 4.54. The molecule has 8 heteroatoms. The van der Waals surface area contributed by atoms with Crippen LogP contribution in [0.5, 0.6) is 5.88 Å². The van der Waals surface area contributed by atoms with Gasteiger partial charge in [0.25, 0.3) is 5.88 Å². The molecule has 0 saturated heterocycles. The van der Waals surface area contributed by atoms with Crippen molar-refractivity contribution in [2.24, 2.45) is 0 Å². The summed E-state index contributed by atoms with van der Waals surface area (Å²) in [6, 6.07) is 5.23. The first-order valence-electron chi connectivity index (χ1n) is 6.18. The Hall–Kier alpha value is -2.41. The second-order valence-corrected chi connectivity index (χ2v) is 4.56. The molecular formula is C13H13ClN4O3. The quantitative estimate of drug-likeness (QED) is 0.671. The summed E-state index contributed by atoms with van der Waals surface area (Å²) in [5.41, 5.74) is 1.19. The molecule has 0 fully saturated rings. The Morgan fingerprint density at radius 2 is 2.19 bits per heavy atom. The van der Waals surface area contributed by atoms with E-state index >= 15 is 0 Å². The van der Waals surface area contributed by atoms with Crippen molar-refractivity contribution in [1.29, 1.82) is 0 Å². The summed E-state index contributed by atoms with van der Waals surface area (Å²) in [6.45, 7) is 3.86. The third-order valence-electron chi connectivity index (χ3n) is 2.69. The Balaban J connectivity index is 2.41. The van der Waals surface area contributed by atoms with Gasteiger partial charge in [0.05, 0.1) is 11.5 Å². The minimum absolute atomic E-state index is 0.0540. The minimum atomic E-state index is -0.580. The third-order valence-corrected chi connectivity index (χ3v) is 3.09. The van der Waals surface area contributed by atoms with Crippen LogP contribution in [0.1, 0.15) is 12.5 Å². The molecule has 21 heavy (non-hydrogen) atoms. The molecule has 0 aliphatic carbocycles. The smallest absolute Gasteiger partial charge is 0.373 e. The van der Waals surface area contributed by atoms with E-state index in [1.165, 1.54) is 6.33 Å². The molecule has 0 radical (unpaired) electrons. The summed E-state index contributed by atoms with van der Waals surface area (Å²) >= 11 is 6.03. The molecule has 0 bridgehead atoms. The zero-order valence-electron chi connectivity index (χ0n) is 11.5. The SMILES string of the molecule is CCOc1ncnc(Nc2ccc(C)c(Cl)c2)c1[N+](=O)[O-]. The molecule has 1 aromatic carbocycles. The summed E-state index contributed by atoms with van der Waals surface area (Å²) in [6.07, 6.45) is 1.20. The molecule has 0 amide bonds. The predicted octanol–water partition coefficient (Wildman–Crippen LogP) is 3.49. The van der Waals surface area contributed by atoms with Crippen molar-refractivity contribution in [1.82, 2.24) is 9.97 Å². The second kappa shape index (κ2) is 6.36. The summed E-state index contributed by atoms with van der Waals surface area (Å²) < 4.78 is 5.16. The van der Waals surface area contributed by atoms with E-state index in [0.29, 0.717) is 10.7 Å². The first kappa shape index (κ1) is 15.0. The van der Waals surface area contributed by atoms with Gasteiger partial charge in [0.15, 0.2) is 0 Å². The van der Waals surface area contributed by atoms with Gasteiger partial charge in [-0.1, -0.05) is 17.7 Å². The highest BCUT2D eigenvalue weighted by Crippen LogP contribution is 2.33. The van der Waals surface area contributed by atoms with Crippen LogP contribution in [0.2, 0.25) is 5.02 Å². The van der Waals surface area contributed by atoms with E-state index in [2.05, 4.69) is 15.3 Å². The Labute approximate surface area is 126 Å². The van der Waals surface area contributed by atoms with Gasteiger partial charge in [-0.15, -0.1) is 0 Å². The maximum Gasteiger partial charge on any atom is 0.373 e. The lowest BCUT2D eigenvalue weighted by Gasteiger charge is -2.09. The fourth-order valence-corrected chi connectivity index (χ4v) is 1.85. The van der Waals surface area contributed by atoms with Crippen LogP contribution in [0, 0.1) is 17.0 Å². The van der Waals surface area contributed by atoms with Gasteiger partial charge in [0, 0.05) is 10.7 Å². The Morgan fingerprint density at radius 1 is 1.43 bits per heavy atom. The zero-order valence-corrected chi connectivity index (χ0v) is 12.2. The van der Waals surface area contributed by atoms with Crippen molar-refractivity contribution < 1.29 is 9.66 Å². The number of aromatic nitrogens is 2. The van der Waals surface area contributed by atoms with Gasteiger partial charge >= 0.3 is 5.69 Å². The Bertz CT molecular complexity index is 678. The lowest BCUT2D eigenvalue weighted by atomic mass is 10.2. The van der Waals surface area contributed by atoms with Crippen LogP contribution < -0.4 is 10.1 Å². The van der Waals surface area contributed by atoms with Crippen molar-refractivity contribution in [2.75, 3.05) is 11.9 Å². The number of nitrogens with zero attached hydrogens (tertiary/aromatic N) is 3. The largest absolute Gasteiger partial charge is 0.473 e. The van der Waals surface area contributed by atoms with E-state index in [1.54, 1.807) is 25.1 Å². The summed E-state index contributed by atoms with van der Waals surface area (Å²) in [4.78, 5) is 18.3. The van der Waals surface area contributed by atoms with Crippen molar-refractivity contribution in [2.45, 2.75) is 13.8 Å². The number of halogens is 1. The summed E-state index contributed by atoms with van der Waals surface area (Å²) in [5.74, 6) is -0.0171. The van der Waals surface area contributed by atoms with Crippen molar-refractivity contribution in [3.05, 3.63) is 45.2 Å². The Morgan fingerprint density at radius 3 is 2.81 bits per heavy atom. The normalized spacial score (nSPS) is 10.2. The van der Waals surface area contributed by atoms with Gasteiger partial charge in [-0.3, -0.25) is 10.1 Å². The van der Waals surface area contributed by atoms with Crippen molar-refractivity contribution >= 4 is 28.8 Å². The highest BCUT2D eigenvalue weighted by molar-refractivity contribution is 6.31. The monoisotopic (exact) mass is 308 g/mol. The van der Waals surface area contributed by atoms with Gasteiger partial charge in [0.1, 0.15) is 6.33 Å². The summed E-state index contributed by atoms with van der Waals surface area (Å²) in [7, 11) is 0. The zero-order chi connectivity index (χ0) is 15.4. The lowest BCUT2D eigenvalue weighted by Crippen LogP contribution is -2.05. The molecular weight excluding hydrogens is 296 g/mol. The van der Waals surface area contributed by atoms with Crippen LogP contribution in [0.4, 0.5) is 17.2 Å². The van der Waals surface area contributed by atoms with Crippen molar-refractivity contribution in [3.63, 3.8) is 0 Å². The molecule has 110 valence electrons. The van der Waals surface area contributed by atoms with Gasteiger partial charge in [-0.25, -0.2) is 4.98 Å². The second-order valence-electron chi connectivity index (χ2n) is 4.16. The number of rotatable bonds is 5. The van der Waals surface area contributed by atoms with Gasteiger partial charge < -0.3 is 10.1 Å². The number of nitro groups is 1. The number of benzene rings is 1. The lowest BCUT2D eigenvalue weighted by molar-refractivity contribution is -0.385. The van der Waals surface area contributed by atoms with Crippen LogP contribution in [0.15, 0.2) is 24.5 Å². The molecule has 0 aliphatic heterocycles. The number of aryl methyl sites for hydroxylation is 1. The molecule has 0 unspecified atom stereocenters. The molecule has 2 aromatic rings. The number of nitrogens with one attached hydrogen (secondary N) is 1. The molecule has 7 nitrogen and oxygen atoms in total. The molecule has 1 N–H and O–H groups in total. The van der Waals surface area contributed by atoms with Crippen LogP contribution in [-0.4, -0.2) is 21.5 Å². The summed E-state index contributed by atoms with van der Waals surface area (Å²) in [5, 5.41) is 14.6. The van der Waals surface area contributed by atoms with Crippen LogP contribution >= 0.6 is 11.6 Å². The fourth-order valence-electron chi connectivity index (χ4n) is 1.67. The number of hydrogen-bond donors (Lipinski definition) is 1. The molecule has 1 aromatic heterocycles. The average molecular weight is 309 g/mol. The molecule has 0 atom stereocenters. The molecule has 0 saturated carbocycles. The van der Waals surface area contributed by atoms with E-state index < -0.39 is 4.92 Å². The van der Waals surface area contributed by atoms with E-state index in [-0.39, 0.29) is 24.0 Å². The molecule has 0 aliphatic rings. The predicted molar refractivity (Wildman–Crippen MR) is 79.3 cm³/mol. The maximum atomic E-state index is 11.2. The minimum Gasteiger partial charge on any atom is -0.473 e. The number of ether oxygens (including phenoxy) is 1. The number of hydrogen-bond acceptors (Lipinski definition) is 6. The first-order valence-corrected chi connectivity index (χ1v) is 6.56. The van der Waals surface area contributed by atoms with E-state index in [1.807, 2.05) is 6.92 Å². The fraction of sp³-hybridized carbons (Fsp3) is 0.231. The third kappa shape index (κ3) is 3.38.